The number of piperidine rings is 1. The largest absolute Gasteiger partial charge is 0.338 e. The van der Waals surface area contributed by atoms with Gasteiger partial charge < -0.3 is 4.90 Å². The molecule has 0 bridgehead atoms. The minimum absolute atomic E-state index is 0.0746. The summed E-state index contributed by atoms with van der Waals surface area (Å²) in [5.74, 6) is -0.0576. The van der Waals surface area contributed by atoms with Crippen LogP contribution in [-0.4, -0.2) is 46.9 Å². The molecule has 2 aromatic rings. The number of carbonyl (C=O) groups excluding carboxylic acids is 1. The number of likely N-dealkylation sites (tertiary alicyclic amines) is 2. The molecule has 0 radical (unpaired) electrons. The number of amides is 1. The molecule has 1 aromatic carbocycles. The Labute approximate surface area is 160 Å². The van der Waals surface area contributed by atoms with E-state index in [1.165, 1.54) is 6.07 Å². The molecular formula is C22H26FN3O. The highest BCUT2D eigenvalue weighted by atomic mass is 19.1. The zero-order valence-corrected chi connectivity index (χ0v) is 15.8. The molecule has 27 heavy (non-hydrogen) atoms. The van der Waals surface area contributed by atoms with Gasteiger partial charge in [-0.25, -0.2) is 4.39 Å². The predicted octanol–water partition coefficient (Wildman–Crippen LogP) is 3.66. The number of aromatic nitrogens is 1. The summed E-state index contributed by atoms with van der Waals surface area (Å²) in [4.78, 5) is 21.4. The van der Waals surface area contributed by atoms with Crippen molar-refractivity contribution in [2.75, 3.05) is 26.2 Å². The standard InChI is InChI=1S/C22H26FN3O/c1-17-7-8-18(13-24-17)21(27)26-12-10-22(16-26)9-4-11-25(15-22)14-19-5-2-3-6-20(19)23/h2-3,5-8,13H,4,9-12,14-16H2,1H3. The van der Waals surface area contributed by atoms with Gasteiger partial charge in [0.25, 0.3) is 5.91 Å². The fourth-order valence-corrected chi connectivity index (χ4v) is 4.53. The van der Waals surface area contributed by atoms with Gasteiger partial charge in [0, 0.05) is 49.0 Å². The van der Waals surface area contributed by atoms with E-state index in [1.54, 1.807) is 12.3 Å². The lowest BCUT2D eigenvalue weighted by atomic mass is 9.79. The second-order valence-electron chi connectivity index (χ2n) is 8.07. The molecule has 4 nitrogen and oxygen atoms in total. The zero-order valence-electron chi connectivity index (χ0n) is 15.8. The van der Waals surface area contributed by atoms with Gasteiger partial charge in [0.15, 0.2) is 0 Å². The first-order chi connectivity index (χ1) is 13.0. The lowest BCUT2D eigenvalue weighted by Crippen LogP contribution is -2.45. The number of hydrogen-bond acceptors (Lipinski definition) is 3. The van der Waals surface area contributed by atoms with Gasteiger partial charge in [-0.1, -0.05) is 18.2 Å². The van der Waals surface area contributed by atoms with Gasteiger partial charge in [0.1, 0.15) is 5.82 Å². The van der Waals surface area contributed by atoms with Crippen LogP contribution >= 0.6 is 0 Å². The highest BCUT2D eigenvalue weighted by Crippen LogP contribution is 2.39. The van der Waals surface area contributed by atoms with Crippen molar-refractivity contribution in [3.05, 3.63) is 65.2 Å². The second-order valence-corrected chi connectivity index (χ2v) is 8.07. The average Bonchev–Trinajstić information content (AvgIpc) is 3.07. The van der Waals surface area contributed by atoms with Crippen molar-refractivity contribution in [2.24, 2.45) is 5.41 Å². The van der Waals surface area contributed by atoms with Crippen LogP contribution in [0.4, 0.5) is 4.39 Å². The number of benzene rings is 1. The third-order valence-corrected chi connectivity index (χ3v) is 5.98. The SMILES string of the molecule is Cc1ccc(C(=O)N2CCC3(CCCN(Cc4ccccc4F)C3)C2)cn1. The highest BCUT2D eigenvalue weighted by molar-refractivity contribution is 5.94. The molecule has 2 aliphatic rings. The minimum Gasteiger partial charge on any atom is -0.338 e. The smallest absolute Gasteiger partial charge is 0.255 e. The molecule has 2 fully saturated rings. The van der Waals surface area contributed by atoms with Crippen LogP contribution in [0.2, 0.25) is 0 Å². The molecule has 0 aliphatic carbocycles. The summed E-state index contributed by atoms with van der Waals surface area (Å²) in [6, 6.07) is 10.8. The van der Waals surface area contributed by atoms with E-state index < -0.39 is 0 Å². The summed E-state index contributed by atoms with van der Waals surface area (Å²) in [5.41, 5.74) is 2.47. The van der Waals surface area contributed by atoms with Crippen molar-refractivity contribution < 1.29 is 9.18 Å². The van der Waals surface area contributed by atoms with Crippen molar-refractivity contribution in [3.8, 4) is 0 Å². The monoisotopic (exact) mass is 367 g/mol. The van der Waals surface area contributed by atoms with E-state index in [0.717, 1.165) is 56.7 Å². The quantitative estimate of drug-likeness (QED) is 0.831. The van der Waals surface area contributed by atoms with Crippen LogP contribution in [-0.2, 0) is 6.54 Å². The molecule has 1 unspecified atom stereocenters. The average molecular weight is 367 g/mol. The van der Waals surface area contributed by atoms with E-state index in [2.05, 4.69) is 9.88 Å². The Bertz CT molecular complexity index is 823. The van der Waals surface area contributed by atoms with Gasteiger partial charge in [0.2, 0.25) is 0 Å². The minimum atomic E-state index is -0.132. The molecule has 0 saturated carbocycles. The number of halogens is 1. The Morgan fingerprint density at radius 2 is 2.00 bits per heavy atom. The first kappa shape index (κ1) is 18.1. The van der Waals surface area contributed by atoms with Crippen molar-refractivity contribution in [1.29, 1.82) is 0 Å². The van der Waals surface area contributed by atoms with Gasteiger partial charge >= 0.3 is 0 Å². The van der Waals surface area contributed by atoms with Crippen LogP contribution in [0.5, 0.6) is 0 Å². The summed E-state index contributed by atoms with van der Waals surface area (Å²) in [6.07, 6.45) is 4.93. The molecule has 1 spiro atoms. The van der Waals surface area contributed by atoms with E-state index in [1.807, 2.05) is 36.1 Å². The molecule has 1 aromatic heterocycles. The van der Waals surface area contributed by atoms with Crippen LogP contribution in [0.15, 0.2) is 42.6 Å². The molecule has 1 atom stereocenters. The Balaban J connectivity index is 1.42. The number of hydrogen-bond donors (Lipinski definition) is 0. The van der Waals surface area contributed by atoms with Crippen molar-refractivity contribution in [1.82, 2.24) is 14.8 Å². The van der Waals surface area contributed by atoms with Gasteiger partial charge in [-0.3, -0.25) is 14.7 Å². The third kappa shape index (κ3) is 3.88. The molecule has 4 rings (SSSR count). The van der Waals surface area contributed by atoms with Gasteiger partial charge in [0.05, 0.1) is 5.56 Å². The van der Waals surface area contributed by atoms with Crippen LogP contribution in [0, 0.1) is 18.2 Å². The predicted molar refractivity (Wildman–Crippen MR) is 103 cm³/mol. The maximum atomic E-state index is 14.0. The summed E-state index contributed by atoms with van der Waals surface area (Å²) in [7, 11) is 0. The van der Waals surface area contributed by atoms with Gasteiger partial charge in [-0.05, 0) is 50.9 Å². The number of rotatable bonds is 3. The van der Waals surface area contributed by atoms with Gasteiger partial charge in [-0.15, -0.1) is 0 Å². The Kier molecular flexibility index (Phi) is 4.96. The van der Waals surface area contributed by atoms with Crippen LogP contribution < -0.4 is 0 Å². The number of pyridine rings is 1. The van der Waals surface area contributed by atoms with E-state index in [9.17, 15) is 9.18 Å². The lowest BCUT2D eigenvalue weighted by Gasteiger charge is -2.40. The van der Waals surface area contributed by atoms with Crippen molar-refractivity contribution >= 4 is 5.91 Å². The Hall–Kier alpha value is -2.27. The molecule has 3 heterocycles. The molecule has 2 saturated heterocycles. The van der Waals surface area contributed by atoms with Crippen molar-refractivity contribution in [2.45, 2.75) is 32.7 Å². The summed E-state index contributed by atoms with van der Waals surface area (Å²) in [6.45, 7) is 6.06. The first-order valence-electron chi connectivity index (χ1n) is 9.72. The summed E-state index contributed by atoms with van der Waals surface area (Å²) in [5, 5.41) is 0. The number of carbonyl (C=O) groups is 1. The van der Waals surface area contributed by atoms with Crippen LogP contribution in [0.3, 0.4) is 0 Å². The molecule has 0 N–H and O–H groups in total. The summed E-state index contributed by atoms with van der Waals surface area (Å²) < 4.78 is 14.0. The maximum absolute atomic E-state index is 14.0. The van der Waals surface area contributed by atoms with E-state index in [-0.39, 0.29) is 17.1 Å². The first-order valence-corrected chi connectivity index (χ1v) is 9.72. The van der Waals surface area contributed by atoms with E-state index >= 15 is 0 Å². The number of aryl methyl sites for hydroxylation is 1. The van der Waals surface area contributed by atoms with Gasteiger partial charge in [-0.2, -0.15) is 0 Å². The van der Waals surface area contributed by atoms with Crippen molar-refractivity contribution in [3.63, 3.8) is 0 Å². The van der Waals surface area contributed by atoms with E-state index in [4.69, 9.17) is 0 Å². The molecule has 2 aliphatic heterocycles. The molecular weight excluding hydrogens is 341 g/mol. The van der Waals surface area contributed by atoms with E-state index in [0.29, 0.717) is 12.1 Å². The van der Waals surface area contributed by atoms with Crippen LogP contribution in [0.1, 0.15) is 40.9 Å². The van der Waals surface area contributed by atoms with Crippen LogP contribution in [0.25, 0.3) is 0 Å². The summed E-state index contributed by atoms with van der Waals surface area (Å²) >= 11 is 0. The fraction of sp³-hybridized carbons (Fsp3) is 0.455. The highest BCUT2D eigenvalue weighted by Gasteiger charge is 2.42. The maximum Gasteiger partial charge on any atom is 0.255 e. The Morgan fingerprint density at radius 1 is 1.15 bits per heavy atom. The lowest BCUT2D eigenvalue weighted by molar-refractivity contribution is 0.0673. The second kappa shape index (κ2) is 7.39. The molecule has 1 amide bonds. The Morgan fingerprint density at radius 3 is 2.78 bits per heavy atom. The normalized spacial score (nSPS) is 23.1. The topological polar surface area (TPSA) is 36.4 Å². The molecule has 5 heteroatoms. The molecule has 142 valence electrons. The fourth-order valence-electron chi connectivity index (χ4n) is 4.53. The zero-order chi connectivity index (χ0) is 18.9. The number of nitrogens with zero attached hydrogens (tertiary/aromatic N) is 3. The third-order valence-electron chi connectivity index (χ3n) is 5.98.